The number of thioether (sulfide) groups is 1. The van der Waals surface area contributed by atoms with Crippen molar-refractivity contribution in [1.29, 1.82) is 0 Å². The third-order valence-corrected chi connectivity index (χ3v) is 3.41. The first-order chi connectivity index (χ1) is 8.11. The van der Waals surface area contributed by atoms with Gasteiger partial charge in [0.2, 0.25) is 5.91 Å². The van der Waals surface area contributed by atoms with Crippen molar-refractivity contribution >= 4 is 23.4 Å². The molecule has 0 bridgehead atoms. The molecule has 94 valence electrons. The Bertz CT molecular complexity index is 373. The Balaban J connectivity index is 2.34. The van der Waals surface area contributed by atoms with Gasteiger partial charge in [0.15, 0.2) is 0 Å². The van der Waals surface area contributed by atoms with Crippen LogP contribution in [0.2, 0.25) is 0 Å². The predicted molar refractivity (Wildman–Crippen MR) is 70.6 cm³/mol. The van der Waals surface area contributed by atoms with Crippen molar-refractivity contribution in [3.05, 3.63) is 30.1 Å². The van der Waals surface area contributed by atoms with Gasteiger partial charge < -0.3 is 11.1 Å². The number of carbonyl (C=O) groups is 1. The van der Waals surface area contributed by atoms with Crippen LogP contribution in [0.25, 0.3) is 0 Å². The van der Waals surface area contributed by atoms with Crippen LogP contribution in [0.4, 0.5) is 10.1 Å². The Labute approximate surface area is 105 Å². The zero-order valence-corrected chi connectivity index (χ0v) is 10.6. The summed E-state index contributed by atoms with van der Waals surface area (Å²) in [5.74, 6) is -0.117. The number of benzene rings is 1. The lowest BCUT2D eigenvalue weighted by atomic mass is 10.3. The van der Waals surface area contributed by atoms with Crippen LogP contribution in [-0.4, -0.2) is 23.5 Å². The largest absolute Gasteiger partial charge is 0.330 e. The van der Waals surface area contributed by atoms with Gasteiger partial charge in [-0.3, -0.25) is 4.79 Å². The zero-order chi connectivity index (χ0) is 12.7. The van der Waals surface area contributed by atoms with Crippen molar-refractivity contribution in [2.24, 2.45) is 5.73 Å². The minimum Gasteiger partial charge on any atom is -0.330 e. The SMILES string of the molecule is CC(CCN)SCC(=O)Nc1cccc(F)c1. The van der Waals surface area contributed by atoms with E-state index in [0.29, 0.717) is 23.2 Å². The van der Waals surface area contributed by atoms with Crippen LogP contribution in [-0.2, 0) is 4.79 Å². The van der Waals surface area contributed by atoms with Gasteiger partial charge in [0, 0.05) is 10.9 Å². The molecule has 0 spiro atoms. The summed E-state index contributed by atoms with van der Waals surface area (Å²) in [7, 11) is 0. The molecule has 0 radical (unpaired) electrons. The van der Waals surface area contributed by atoms with Crippen LogP contribution in [0.5, 0.6) is 0 Å². The van der Waals surface area contributed by atoms with E-state index in [9.17, 15) is 9.18 Å². The van der Waals surface area contributed by atoms with Crippen LogP contribution in [0.3, 0.4) is 0 Å². The van der Waals surface area contributed by atoms with E-state index in [0.717, 1.165) is 6.42 Å². The van der Waals surface area contributed by atoms with Gasteiger partial charge in [0.1, 0.15) is 5.82 Å². The molecule has 0 saturated carbocycles. The van der Waals surface area contributed by atoms with E-state index < -0.39 is 0 Å². The third-order valence-electron chi connectivity index (χ3n) is 2.18. The second-order valence-electron chi connectivity index (χ2n) is 3.76. The second kappa shape index (κ2) is 7.29. The van der Waals surface area contributed by atoms with E-state index >= 15 is 0 Å². The van der Waals surface area contributed by atoms with E-state index in [1.54, 1.807) is 23.9 Å². The summed E-state index contributed by atoms with van der Waals surface area (Å²) in [6.07, 6.45) is 0.887. The molecule has 3 nitrogen and oxygen atoms in total. The lowest BCUT2D eigenvalue weighted by Crippen LogP contribution is -2.17. The van der Waals surface area contributed by atoms with Gasteiger partial charge in [-0.15, -0.1) is 11.8 Å². The normalized spacial score (nSPS) is 12.2. The van der Waals surface area contributed by atoms with E-state index in [2.05, 4.69) is 5.32 Å². The first-order valence-corrected chi connectivity index (χ1v) is 6.54. The summed E-state index contributed by atoms with van der Waals surface area (Å²) in [4.78, 5) is 11.5. The molecule has 1 aromatic carbocycles. The molecule has 0 aliphatic carbocycles. The Morgan fingerprint density at radius 3 is 3.00 bits per heavy atom. The van der Waals surface area contributed by atoms with Crippen molar-refractivity contribution in [2.45, 2.75) is 18.6 Å². The van der Waals surface area contributed by atoms with E-state index in [-0.39, 0.29) is 11.7 Å². The fourth-order valence-electron chi connectivity index (χ4n) is 1.30. The molecule has 1 aromatic rings. The van der Waals surface area contributed by atoms with Crippen LogP contribution in [0.1, 0.15) is 13.3 Å². The van der Waals surface area contributed by atoms with Crippen LogP contribution in [0.15, 0.2) is 24.3 Å². The average Bonchev–Trinajstić information content (AvgIpc) is 2.27. The van der Waals surface area contributed by atoms with Gasteiger partial charge in [-0.1, -0.05) is 13.0 Å². The van der Waals surface area contributed by atoms with Gasteiger partial charge in [-0.25, -0.2) is 4.39 Å². The predicted octanol–water partition coefficient (Wildman–Crippen LogP) is 2.23. The Kier molecular flexibility index (Phi) is 6.00. The molecule has 0 aromatic heterocycles. The molecule has 5 heteroatoms. The standard InChI is InChI=1S/C12H17FN2OS/c1-9(5-6-14)17-8-12(16)15-11-4-2-3-10(13)7-11/h2-4,7,9H,5-6,8,14H2,1H3,(H,15,16). The van der Waals surface area contributed by atoms with Gasteiger partial charge >= 0.3 is 0 Å². The van der Waals surface area contributed by atoms with Crippen molar-refractivity contribution in [3.63, 3.8) is 0 Å². The monoisotopic (exact) mass is 256 g/mol. The molecule has 0 aliphatic rings. The number of rotatable bonds is 6. The Morgan fingerprint density at radius 1 is 1.59 bits per heavy atom. The number of carbonyl (C=O) groups excluding carboxylic acids is 1. The molecule has 17 heavy (non-hydrogen) atoms. The highest BCUT2D eigenvalue weighted by Gasteiger charge is 2.07. The minimum atomic E-state index is -0.355. The summed E-state index contributed by atoms with van der Waals surface area (Å²) >= 11 is 1.55. The molecule has 0 fully saturated rings. The quantitative estimate of drug-likeness (QED) is 0.820. The molecule has 1 unspecified atom stereocenters. The molecule has 1 rings (SSSR count). The van der Waals surface area contributed by atoms with E-state index in [4.69, 9.17) is 5.73 Å². The first-order valence-electron chi connectivity index (χ1n) is 5.49. The summed E-state index contributed by atoms with van der Waals surface area (Å²) in [5, 5.41) is 3.01. The van der Waals surface area contributed by atoms with Crippen molar-refractivity contribution in [3.8, 4) is 0 Å². The Hall–Kier alpha value is -1.07. The maximum absolute atomic E-state index is 12.9. The van der Waals surface area contributed by atoms with Gasteiger partial charge in [0.25, 0.3) is 0 Å². The third kappa shape index (κ3) is 5.70. The maximum Gasteiger partial charge on any atom is 0.234 e. The molecular weight excluding hydrogens is 239 g/mol. The highest BCUT2D eigenvalue weighted by Crippen LogP contribution is 2.14. The highest BCUT2D eigenvalue weighted by molar-refractivity contribution is 8.00. The highest BCUT2D eigenvalue weighted by atomic mass is 32.2. The number of nitrogens with two attached hydrogens (primary N) is 1. The van der Waals surface area contributed by atoms with Crippen LogP contribution < -0.4 is 11.1 Å². The van der Waals surface area contributed by atoms with Crippen LogP contribution >= 0.6 is 11.8 Å². The molecule has 0 aliphatic heterocycles. The first kappa shape index (κ1) is 14.0. The number of hydrogen-bond donors (Lipinski definition) is 2. The number of hydrogen-bond acceptors (Lipinski definition) is 3. The molecule has 0 heterocycles. The van der Waals surface area contributed by atoms with Crippen LogP contribution in [0, 0.1) is 5.82 Å². The van der Waals surface area contributed by atoms with Crippen molar-refractivity contribution in [1.82, 2.24) is 0 Å². The van der Waals surface area contributed by atoms with Crippen molar-refractivity contribution in [2.75, 3.05) is 17.6 Å². The summed E-state index contributed by atoms with van der Waals surface area (Å²) in [6.45, 7) is 2.66. The Morgan fingerprint density at radius 2 is 2.35 bits per heavy atom. The minimum absolute atomic E-state index is 0.121. The smallest absolute Gasteiger partial charge is 0.234 e. The molecule has 1 atom stereocenters. The average molecular weight is 256 g/mol. The zero-order valence-electron chi connectivity index (χ0n) is 9.78. The molecule has 3 N–H and O–H groups in total. The lowest BCUT2D eigenvalue weighted by Gasteiger charge is -2.09. The maximum atomic E-state index is 12.9. The number of anilines is 1. The fourth-order valence-corrected chi connectivity index (χ4v) is 2.11. The number of amides is 1. The fraction of sp³-hybridized carbons (Fsp3) is 0.417. The number of nitrogens with one attached hydrogen (secondary N) is 1. The summed E-state index contributed by atoms with van der Waals surface area (Å²) in [5.41, 5.74) is 5.91. The summed E-state index contributed by atoms with van der Waals surface area (Å²) < 4.78 is 12.9. The number of halogens is 1. The summed E-state index contributed by atoms with van der Waals surface area (Å²) in [6, 6.07) is 5.86. The molecular formula is C12H17FN2OS. The van der Waals surface area contributed by atoms with Crippen molar-refractivity contribution < 1.29 is 9.18 Å². The van der Waals surface area contributed by atoms with E-state index in [1.165, 1.54) is 12.1 Å². The van der Waals surface area contributed by atoms with Gasteiger partial charge in [-0.05, 0) is 31.2 Å². The topological polar surface area (TPSA) is 55.1 Å². The van der Waals surface area contributed by atoms with Gasteiger partial charge in [-0.2, -0.15) is 0 Å². The van der Waals surface area contributed by atoms with Gasteiger partial charge in [0.05, 0.1) is 5.75 Å². The molecule has 1 amide bonds. The second-order valence-corrected chi connectivity index (χ2v) is 5.18. The van der Waals surface area contributed by atoms with E-state index in [1.807, 2.05) is 6.92 Å². The lowest BCUT2D eigenvalue weighted by molar-refractivity contribution is -0.113. The molecule has 0 saturated heterocycles.